The third-order valence-electron chi connectivity index (χ3n) is 3.43. The lowest BCUT2D eigenvalue weighted by atomic mass is 10.4. The fourth-order valence-electron chi connectivity index (χ4n) is 2.17. The number of aromatic nitrogens is 6. The highest BCUT2D eigenvalue weighted by Gasteiger charge is 2.16. The summed E-state index contributed by atoms with van der Waals surface area (Å²) < 4.78 is 1.34. The van der Waals surface area contributed by atoms with E-state index >= 15 is 0 Å². The minimum atomic E-state index is 0.200. The Hall–Kier alpha value is -4.14. The molecule has 0 fully saturated rings. The third-order valence-corrected chi connectivity index (χ3v) is 3.43. The van der Waals surface area contributed by atoms with Crippen LogP contribution in [-0.4, -0.2) is 50.9 Å². The Labute approximate surface area is 154 Å². The summed E-state index contributed by atoms with van der Waals surface area (Å²) in [5, 5.41) is 30.7. The molecular weight excluding hydrogens is 348 g/mol. The Balaban J connectivity index is 2.10. The zero-order valence-corrected chi connectivity index (χ0v) is 14.8. The van der Waals surface area contributed by atoms with Crippen LogP contribution in [0.2, 0.25) is 0 Å². The second-order valence-corrected chi connectivity index (χ2v) is 5.00. The second kappa shape index (κ2) is 7.83. The van der Waals surface area contributed by atoms with Crippen molar-refractivity contribution in [2.75, 3.05) is 37.1 Å². The van der Waals surface area contributed by atoms with Crippen LogP contribution in [0.3, 0.4) is 0 Å². The molecule has 0 amide bonds. The molecule has 0 aromatic carbocycles. The van der Waals surface area contributed by atoms with E-state index in [1.54, 1.807) is 39.6 Å². The van der Waals surface area contributed by atoms with Crippen LogP contribution in [-0.2, 0) is 0 Å². The van der Waals surface area contributed by atoms with E-state index in [4.69, 9.17) is 0 Å². The van der Waals surface area contributed by atoms with Gasteiger partial charge in [0.1, 0.15) is 11.6 Å². The fourth-order valence-corrected chi connectivity index (χ4v) is 2.17. The molecular formula is C15H16N12. The molecule has 0 aliphatic heterocycles. The van der Waals surface area contributed by atoms with E-state index in [9.17, 15) is 5.26 Å². The predicted molar refractivity (Wildman–Crippen MR) is 98.7 cm³/mol. The molecule has 3 rings (SSSR count). The number of hydrogen-bond acceptors (Lipinski definition) is 11. The number of rotatable bonds is 6. The fraction of sp³-hybridized carbons (Fsp3) is 0.200. The van der Waals surface area contributed by atoms with Gasteiger partial charge in [0.2, 0.25) is 5.95 Å². The molecule has 0 unspecified atom stereocenters. The molecule has 0 radical (unpaired) electrons. The van der Waals surface area contributed by atoms with Crippen molar-refractivity contribution in [1.29, 1.82) is 5.26 Å². The molecule has 0 aliphatic carbocycles. The van der Waals surface area contributed by atoms with Gasteiger partial charge in [0.05, 0.1) is 6.20 Å². The van der Waals surface area contributed by atoms with E-state index in [-0.39, 0.29) is 17.3 Å². The molecule has 3 heterocycles. The Bertz CT molecular complexity index is 976. The maximum Gasteiger partial charge on any atom is 0.252 e. The Morgan fingerprint density at radius 2 is 1.67 bits per heavy atom. The first-order chi connectivity index (χ1) is 13.2. The molecule has 12 heteroatoms. The Morgan fingerprint density at radius 1 is 1.00 bits per heavy atom. The van der Waals surface area contributed by atoms with Gasteiger partial charge < -0.3 is 16.0 Å². The van der Waals surface area contributed by atoms with Crippen molar-refractivity contribution in [2.45, 2.75) is 0 Å². The molecule has 3 aromatic heterocycles. The number of hydrogen-bond donors (Lipinski definition) is 3. The van der Waals surface area contributed by atoms with Crippen LogP contribution in [0.1, 0.15) is 5.56 Å². The number of nitrogens with one attached hydrogen (secondary N) is 3. The summed E-state index contributed by atoms with van der Waals surface area (Å²) >= 11 is 0. The zero-order valence-electron chi connectivity index (χ0n) is 14.8. The van der Waals surface area contributed by atoms with Crippen molar-refractivity contribution in [3.8, 4) is 12.0 Å². The van der Waals surface area contributed by atoms with Crippen molar-refractivity contribution >= 4 is 29.1 Å². The number of nitriles is 1. The predicted octanol–water partition coefficient (Wildman–Crippen LogP) is 1.86. The van der Waals surface area contributed by atoms with E-state index in [2.05, 4.69) is 51.2 Å². The average Bonchev–Trinajstić information content (AvgIpc) is 3.15. The van der Waals surface area contributed by atoms with Crippen LogP contribution >= 0.6 is 0 Å². The lowest BCUT2D eigenvalue weighted by Crippen LogP contribution is -2.04. The summed E-state index contributed by atoms with van der Waals surface area (Å²) in [6.45, 7) is 0. The molecule has 12 nitrogen and oxygen atoms in total. The lowest BCUT2D eigenvalue weighted by Gasteiger charge is -2.10. The maximum atomic E-state index is 9.34. The van der Waals surface area contributed by atoms with Gasteiger partial charge in [-0.05, 0) is 6.07 Å². The molecule has 0 aliphatic rings. The largest absolute Gasteiger partial charge is 0.371 e. The van der Waals surface area contributed by atoms with Crippen molar-refractivity contribution in [1.82, 2.24) is 29.7 Å². The number of azo groups is 1. The van der Waals surface area contributed by atoms with Gasteiger partial charge in [-0.25, -0.2) is 9.97 Å². The standard InChI is InChI=1S/C15H16N12/c1-17-11-10(12(18-2)24-14(19-3)23-11)25-26-13-9(7-16)8-22-27(13)15-20-5-4-6-21-15/h4-6,8H,1-3H3,(H3,17,18,19,23,24)/b26-25+. The minimum absolute atomic E-state index is 0.200. The van der Waals surface area contributed by atoms with E-state index in [1.807, 2.05) is 6.07 Å². The van der Waals surface area contributed by atoms with Crippen LogP contribution in [0.4, 0.5) is 29.1 Å². The van der Waals surface area contributed by atoms with E-state index in [1.165, 1.54) is 10.9 Å². The van der Waals surface area contributed by atoms with Crippen molar-refractivity contribution in [2.24, 2.45) is 10.2 Å². The maximum absolute atomic E-state index is 9.34. The summed E-state index contributed by atoms with van der Waals surface area (Å²) in [7, 11) is 5.14. The Kier molecular flexibility index (Phi) is 5.12. The van der Waals surface area contributed by atoms with Crippen LogP contribution in [0.15, 0.2) is 34.9 Å². The van der Waals surface area contributed by atoms with Gasteiger partial charge in [-0.2, -0.15) is 25.0 Å². The number of nitrogens with zero attached hydrogens (tertiary/aromatic N) is 9. The van der Waals surface area contributed by atoms with Gasteiger partial charge in [-0.1, -0.05) is 0 Å². The van der Waals surface area contributed by atoms with Gasteiger partial charge in [0.25, 0.3) is 5.95 Å². The first-order valence-corrected chi connectivity index (χ1v) is 7.84. The molecule has 0 atom stereocenters. The molecule has 3 N–H and O–H groups in total. The quantitative estimate of drug-likeness (QED) is 0.556. The van der Waals surface area contributed by atoms with Crippen molar-refractivity contribution in [3.63, 3.8) is 0 Å². The summed E-state index contributed by atoms with van der Waals surface area (Å²) in [4.78, 5) is 16.9. The molecule has 136 valence electrons. The van der Waals surface area contributed by atoms with Crippen LogP contribution < -0.4 is 16.0 Å². The summed E-state index contributed by atoms with van der Waals surface area (Å²) in [5.74, 6) is 1.82. The van der Waals surface area contributed by atoms with Gasteiger partial charge in [0.15, 0.2) is 23.1 Å². The SMILES string of the molecule is CNc1nc(NC)c(/N=N/c2c(C#N)cnn2-c2ncccn2)c(NC)n1. The number of anilines is 3. The molecule has 3 aromatic rings. The Morgan fingerprint density at radius 3 is 2.22 bits per heavy atom. The van der Waals surface area contributed by atoms with Gasteiger partial charge >= 0.3 is 0 Å². The summed E-state index contributed by atoms with van der Waals surface area (Å²) in [6.07, 6.45) is 4.52. The zero-order chi connectivity index (χ0) is 19.2. The van der Waals surface area contributed by atoms with Crippen LogP contribution in [0.5, 0.6) is 0 Å². The highest BCUT2D eigenvalue weighted by atomic mass is 15.4. The van der Waals surface area contributed by atoms with Crippen LogP contribution in [0.25, 0.3) is 5.95 Å². The first kappa shape index (κ1) is 17.7. The van der Waals surface area contributed by atoms with Gasteiger partial charge in [-0.15, -0.1) is 10.2 Å². The topological polar surface area (TPSA) is 154 Å². The molecule has 0 bridgehead atoms. The molecule has 0 saturated carbocycles. The van der Waals surface area contributed by atoms with Crippen LogP contribution in [0, 0.1) is 11.3 Å². The normalized spacial score (nSPS) is 10.6. The molecule has 0 saturated heterocycles. The molecule has 27 heavy (non-hydrogen) atoms. The minimum Gasteiger partial charge on any atom is -0.371 e. The highest BCUT2D eigenvalue weighted by molar-refractivity contribution is 5.75. The highest BCUT2D eigenvalue weighted by Crippen LogP contribution is 2.33. The molecule has 0 spiro atoms. The van der Waals surface area contributed by atoms with Crippen molar-refractivity contribution in [3.05, 3.63) is 30.2 Å². The first-order valence-electron chi connectivity index (χ1n) is 7.84. The summed E-state index contributed by atoms with van der Waals surface area (Å²) in [6, 6.07) is 3.71. The lowest BCUT2D eigenvalue weighted by molar-refractivity contribution is 0.803. The van der Waals surface area contributed by atoms with Gasteiger partial charge in [-0.3, -0.25) is 0 Å². The summed E-state index contributed by atoms with van der Waals surface area (Å²) in [5.41, 5.74) is 0.612. The van der Waals surface area contributed by atoms with Crippen molar-refractivity contribution < 1.29 is 0 Å². The second-order valence-electron chi connectivity index (χ2n) is 5.00. The van der Waals surface area contributed by atoms with E-state index in [0.717, 1.165) is 0 Å². The monoisotopic (exact) mass is 364 g/mol. The third kappa shape index (κ3) is 3.47. The van der Waals surface area contributed by atoms with Gasteiger partial charge in [0, 0.05) is 33.5 Å². The smallest absolute Gasteiger partial charge is 0.252 e. The van der Waals surface area contributed by atoms with E-state index < -0.39 is 0 Å². The van der Waals surface area contributed by atoms with E-state index in [0.29, 0.717) is 23.3 Å². The average molecular weight is 364 g/mol.